The number of fused-ring (bicyclic) bond motifs is 4. The van der Waals surface area contributed by atoms with Crippen LogP contribution in [0.25, 0.3) is 0 Å². The minimum Gasteiger partial charge on any atom is -0.455 e. The summed E-state index contributed by atoms with van der Waals surface area (Å²) in [5.41, 5.74) is 2.01. The van der Waals surface area contributed by atoms with Crippen LogP contribution in [-0.2, 0) is 4.75 Å². The molecule has 1 atom stereocenters. The zero-order valence-corrected chi connectivity index (χ0v) is 19.9. The number of carbonyl (C=O) groups is 1. The number of thioether (sulfide) groups is 1. The molecule has 5 rings (SSSR count). The Balaban J connectivity index is 1.50. The number of amidine groups is 1. The van der Waals surface area contributed by atoms with Gasteiger partial charge in [0.2, 0.25) is 0 Å². The Morgan fingerprint density at radius 2 is 1.94 bits per heavy atom. The molecule has 33 heavy (non-hydrogen) atoms. The zero-order valence-electron chi connectivity index (χ0n) is 16.7. The molecule has 2 aliphatic heterocycles. The van der Waals surface area contributed by atoms with E-state index in [1.807, 2.05) is 18.2 Å². The SMILES string of the molecule is O=C(NC1=NCCC2(S1)c1cc(Br)ccc1Oc1cnc(Cl)cc12)c1ccc([N+](=O)[O-])cc1. The first-order chi connectivity index (χ1) is 15.9. The van der Waals surface area contributed by atoms with Crippen molar-refractivity contribution in [1.82, 2.24) is 10.3 Å². The summed E-state index contributed by atoms with van der Waals surface area (Å²) in [5, 5.41) is 14.5. The van der Waals surface area contributed by atoms with E-state index < -0.39 is 15.6 Å². The van der Waals surface area contributed by atoms with Gasteiger partial charge < -0.3 is 10.1 Å². The summed E-state index contributed by atoms with van der Waals surface area (Å²) in [6, 6.07) is 13.0. The molecular weight excluding hydrogens is 532 g/mol. The number of ether oxygens (including phenoxy) is 1. The second kappa shape index (κ2) is 8.44. The number of pyridine rings is 1. The highest BCUT2D eigenvalue weighted by Gasteiger charge is 2.46. The molecule has 1 amide bonds. The lowest BCUT2D eigenvalue weighted by atomic mass is 9.85. The number of hydrogen-bond donors (Lipinski definition) is 1. The molecule has 166 valence electrons. The van der Waals surface area contributed by atoms with Crippen LogP contribution in [0.1, 0.15) is 27.9 Å². The third-order valence-corrected chi connectivity index (χ3v) is 7.53. The molecule has 0 saturated carbocycles. The number of hydrogen-bond acceptors (Lipinski definition) is 7. The van der Waals surface area contributed by atoms with E-state index in [9.17, 15) is 14.9 Å². The maximum absolute atomic E-state index is 12.8. The molecule has 8 nitrogen and oxygen atoms in total. The Morgan fingerprint density at radius 3 is 2.70 bits per heavy atom. The topological polar surface area (TPSA) is 107 Å². The first kappa shape index (κ1) is 21.9. The summed E-state index contributed by atoms with van der Waals surface area (Å²) in [6.07, 6.45) is 2.26. The molecule has 0 radical (unpaired) electrons. The molecule has 11 heteroatoms. The van der Waals surface area contributed by atoms with E-state index >= 15 is 0 Å². The molecule has 0 saturated heterocycles. The summed E-state index contributed by atoms with van der Waals surface area (Å²) in [6.45, 7) is 0.466. The molecule has 1 N–H and O–H groups in total. The van der Waals surface area contributed by atoms with Gasteiger partial charge in [0.25, 0.3) is 11.6 Å². The van der Waals surface area contributed by atoms with Crippen LogP contribution >= 0.6 is 39.3 Å². The van der Waals surface area contributed by atoms with Crippen molar-refractivity contribution >= 4 is 56.1 Å². The van der Waals surface area contributed by atoms with Gasteiger partial charge >= 0.3 is 0 Å². The van der Waals surface area contributed by atoms with Gasteiger partial charge in [-0.15, -0.1) is 0 Å². The number of aliphatic imine (C=N–C) groups is 1. The highest BCUT2D eigenvalue weighted by Crippen LogP contribution is 2.57. The Morgan fingerprint density at radius 1 is 1.18 bits per heavy atom. The maximum Gasteiger partial charge on any atom is 0.269 e. The number of carbonyl (C=O) groups excluding carboxylic acids is 1. The maximum atomic E-state index is 12.8. The quantitative estimate of drug-likeness (QED) is 0.252. The number of nitro groups is 1. The second-order valence-corrected chi connectivity index (χ2v) is 9.96. The van der Waals surface area contributed by atoms with Crippen molar-refractivity contribution < 1.29 is 14.5 Å². The highest BCUT2D eigenvalue weighted by molar-refractivity contribution is 9.10. The molecule has 3 aromatic rings. The first-order valence-electron chi connectivity index (χ1n) is 9.79. The van der Waals surface area contributed by atoms with Crippen LogP contribution < -0.4 is 10.1 Å². The predicted octanol–water partition coefficient (Wildman–Crippen LogP) is 5.68. The number of amides is 1. The summed E-state index contributed by atoms with van der Waals surface area (Å²) in [7, 11) is 0. The molecule has 2 aromatic carbocycles. The summed E-state index contributed by atoms with van der Waals surface area (Å²) in [4.78, 5) is 31.9. The van der Waals surface area contributed by atoms with E-state index in [4.69, 9.17) is 16.3 Å². The lowest BCUT2D eigenvalue weighted by Gasteiger charge is -2.41. The van der Waals surface area contributed by atoms with Gasteiger partial charge in [0.05, 0.1) is 15.9 Å². The van der Waals surface area contributed by atoms with Crippen LogP contribution in [0, 0.1) is 10.1 Å². The number of nitrogens with zero attached hydrogens (tertiary/aromatic N) is 3. The van der Waals surface area contributed by atoms with Crippen molar-refractivity contribution in [3.05, 3.63) is 91.2 Å². The molecule has 0 aliphatic carbocycles. The van der Waals surface area contributed by atoms with Gasteiger partial charge in [-0.05, 0) is 42.8 Å². The molecule has 1 unspecified atom stereocenters. The third kappa shape index (κ3) is 3.98. The third-order valence-electron chi connectivity index (χ3n) is 5.42. The van der Waals surface area contributed by atoms with Crippen molar-refractivity contribution in [2.45, 2.75) is 11.2 Å². The number of rotatable bonds is 2. The largest absolute Gasteiger partial charge is 0.455 e. The van der Waals surface area contributed by atoms with Crippen molar-refractivity contribution in [1.29, 1.82) is 0 Å². The lowest BCUT2D eigenvalue weighted by Crippen LogP contribution is -2.39. The lowest BCUT2D eigenvalue weighted by molar-refractivity contribution is -0.384. The number of non-ortho nitro benzene ring substituents is 1. The molecule has 3 heterocycles. The Labute approximate surface area is 205 Å². The molecule has 0 fully saturated rings. The first-order valence-corrected chi connectivity index (χ1v) is 11.8. The van der Waals surface area contributed by atoms with E-state index in [1.54, 1.807) is 12.3 Å². The van der Waals surface area contributed by atoms with Gasteiger partial charge in [-0.1, -0.05) is 39.3 Å². The molecular formula is C22H14BrClN4O4S. The number of aromatic nitrogens is 1. The van der Waals surface area contributed by atoms with E-state index in [0.717, 1.165) is 15.6 Å². The van der Waals surface area contributed by atoms with Gasteiger partial charge in [0.1, 0.15) is 10.9 Å². The van der Waals surface area contributed by atoms with Crippen LogP contribution in [0.2, 0.25) is 5.15 Å². The number of nitrogens with one attached hydrogen (secondary N) is 1. The van der Waals surface area contributed by atoms with Crippen LogP contribution in [0.5, 0.6) is 11.5 Å². The van der Waals surface area contributed by atoms with Crippen LogP contribution in [0.15, 0.2) is 64.2 Å². The molecule has 1 spiro atoms. The number of nitro benzene ring substituents is 1. The highest BCUT2D eigenvalue weighted by atomic mass is 79.9. The average molecular weight is 546 g/mol. The standard InChI is InChI=1S/C22H14BrClN4O4S/c23-13-3-6-17-15(9-13)22(16-10-19(24)26-11-18(16)32-17)7-8-25-21(33-22)27-20(29)12-1-4-14(5-2-12)28(30)31/h1-6,9-11H,7-8H2,(H,25,27,29). The normalized spacial score (nSPS) is 18.5. The Bertz CT molecular complexity index is 1280. The van der Waals surface area contributed by atoms with E-state index in [1.165, 1.54) is 36.0 Å². The van der Waals surface area contributed by atoms with Crippen molar-refractivity contribution in [3.63, 3.8) is 0 Å². The number of halogens is 2. The van der Waals surface area contributed by atoms with Gasteiger partial charge in [0, 0.05) is 39.8 Å². The fourth-order valence-corrected chi connectivity index (χ4v) is 5.78. The van der Waals surface area contributed by atoms with Gasteiger partial charge in [0.15, 0.2) is 10.9 Å². The fourth-order valence-electron chi connectivity index (χ4n) is 3.90. The van der Waals surface area contributed by atoms with Crippen molar-refractivity contribution in [2.75, 3.05) is 6.54 Å². The summed E-state index contributed by atoms with van der Waals surface area (Å²) < 4.78 is 6.39. The predicted molar refractivity (Wildman–Crippen MR) is 129 cm³/mol. The van der Waals surface area contributed by atoms with Crippen LogP contribution in [0.3, 0.4) is 0 Å². The monoisotopic (exact) mass is 544 g/mol. The van der Waals surface area contributed by atoms with Gasteiger partial charge in [-0.25, -0.2) is 4.98 Å². The summed E-state index contributed by atoms with van der Waals surface area (Å²) >= 11 is 11.2. The second-order valence-electron chi connectivity index (χ2n) is 7.37. The molecule has 2 aliphatic rings. The Kier molecular flexibility index (Phi) is 5.59. The minimum absolute atomic E-state index is 0.0821. The average Bonchev–Trinajstić information content (AvgIpc) is 2.81. The van der Waals surface area contributed by atoms with Crippen LogP contribution in [-0.4, -0.2) is 27.5 Å². The van der Waals surface area contributed by atoms with Gasteiger partial charge in [-0.2, -0.15) is 0 Å². The summed E-state index contributed by atoms with van der Waals surface area (Å²) in [5.74, 6) is 0.901. The van der Waals surface area contributed by atoms with Gasteiger partial charge in [-0.3, -0.25) is 19.9 Å². The Hall–Kier alpha value is -2.95. The van der Waals surface area contributed by atoms with E-state index in [0.29, 0.717) is 40.3 Å². The number of benzene rings is 2. The zero-order chi connectivity index (χ0) is 23.2. The van der Waals surface area contributed by atoms with E-state index in [2.05, 4.69) is 31.2 Å². The van der Waals surface area contributed by atoms with E-state index in [-0.39, 0.29) is 5.69 Å². The fraction of sp³-hybridized carbons (Fsp3) is 0.136. The van der Waals surface area contributed by atoms with Crippen LogP contribution in [0.4, 0.5) is 5.69 Å². The smallest absolute Gasteiger partial charge is 0.269 e. The van der Waals surface area contributed by atoms with Crippen molar-refractivity contribution in [3.8, 4) is 11.5 Å². The minimum atomic E-state index is -0.598. The van der Waals surface area contributed by atoms with Crippen molar-refractivity contribution in [2.24, 2.45) is 4.99 Å². The molecule has 1 aromatic heterocycles. The molecule has 0 bridgehead atoms.